The number of amides is 1. The van der Waals surface area contributed by atoms with Crippen molar-refractivity contribution in [3.05, 3.63) is 29.3 Å². The quantitative estimate of drug-likeness (QED) is 0.771. The lowest BCUT2D eigenvalue weighted by Crippen LogP contribution is -2.40. The molecule has 0 saturated heterocycles. The summed E-state index contributed by atoms with van der Waals surface area (Å²) < 4.78 is 26.7. The van der Waals surface area contributed by atoms with Crippen LogP contribution in [0.25, 0.3) is 0 Å². The highest BCUT2D eigenvalue weighted by molar-refractivity contribution is 7.89. The average molecular weight is 313 g/mol. The number of hydrogen-bond donors (Lipinski definition) is 2. The van der Waals surface area contributed by atoms with Crippen molar-refractivity contribution >= 4 is 15.9 Å². The minimum Gasteiger partial charge on any atom is -0.358 e. The van der Waals surface area contributed by atoms with Crippen molar-refractivity contribution in [3.63, 3.8) is 0 Å². The second kappa shape index (κ2) is 7.53. The lowest BCUT2D eigenvalue weighted by Gasteiger charge is -2.22. The minimum absolute atomic E-state index is 0.182. The fourth-order valence-electron chi connectivity index (χ4n) is 1.96. The highest BCUT2D eigenvalue weighted by atomic mass is 32.2. The summed E-state index contributed by atoms with van der Waals surface area (Å²) in [5.74, 6) is -0.334. The van der Waals surface area contributed by atoms with Crippen molar-refractivity contribution in [1.29, 1.82) is 0 Å². The Hall–Kier alpha value is -1.44. The van der Waals surface area contributed by atoms with Crippen LogP contribution in [0.5, 0.6) is 0 Å². The molecule has 6 nitrogen and oxygen atoms in total. The first kappa shape index (κ1) is 17.6. The SMILES string of the molecule is CCCN(CC(=O)NC)S(=O)(=O)c1cc(CN)ccc1C. The fraction of sp³-hybridized carbons (Fsp3) is 0.500. The van der Waals surface area contributed by atoms with E-state index in [4.69, 9.17) is 5.73 Å². The molecule has 1 aromatic rings. The molecule has 0 radical (unpaired) electrons. The van der Waals surface area contributed by atoms with E-state index in [9.17, 15) is 13.2 Å². The Morgan fingerprint density at radius 2 is 2.05 bits per heavy atom. The van der Waals surface area contributed by atoms with Gasteiger partial charge in [0.05, 0.1) is 11.4 Å². The third kappa shape index (κ3) is 4.26. The average Bonchev–Trinajstić information content (AvgIpc) is 2.46. The number of nitrogens with zero attached hydrogens (tertiary/aromatic N) is 1. The summed E-state index contributed by atoms with van der Waals surface area (Å²) in [5, 5.41) is 2.45. The molecule has 0 bridgehead atoms. The van der Waals surface area contributed by atoms with E-state index in [0.29, 0.717) is 18.5 Å². The summed E-state index contributed by atoms with van der Waals surface area (Å²) in [6.07, 6.45) is 0.631. The Morgan fingerprint density at radius 1 is 1.38 bits per heavy atom. The van der Waals surface area contributed by atoms with Gasteiger partial charge >= 0.3 is 0 Å². The molecule has 0 aliphatic heterocycles. The summed E-state index contributed by atoms with van der Waals surface area (Å²) in [6.45, 7) is 3.99. The molecular weight excluding hydrogens is 290 g/mol. The molecule has 1 aromatic carbocycles. The predicted octanol–water partition coefficient (Wildman–Crippen LogP) is 0.600. The zero-order valence-corrected chi connectivity index (χ0v) is 13.5. The first-order valence-corrected chi connectivity index (χ1v) is 8.31. The second-order valence-corrected chi connectivity index (χ2v) is 6.72. The molecule has 0 aliphatic rings. The number of likely N-dealkylation sites (N-methyl/N-ethyl adjacent to an activating group) is 1. The molecule has 118 valence electrons. The fourth-order valence-corrected chi connectivity index (χ4v) is 3.72. The summed E-state index contributed by atoms with van der Waals surface area (Å²) >= 11 is 0. The van der Waals surface area contributed by atoms with Crippen molar-refractivity contribution < 1.29 is 13.2 Å². The van der Waals surface area contributed by atoms with E-state index < -0.39 is 10.0 Å². The molecule has 1 amide bonds. The molecule has 7 heteroatoms. The van der Waals surface area contributed by atoms with Gasteiger partial charge in [-0.1, -0.05) is 19.1 Å². The minimum atomic E-state index is -3.71. The maximum absolute atomic E-state index is 12.8. The molecule has 0 spiro atoms. The summed E-state index contributed by atoms with van der Waals surface area (Å²) in [4.78, 5) is 11.8. The van der Waals surface area contributed by atoms with Gasteiger partial charge in [-0.25, -0.2) is 8.42 Å². The van der Waals surface area contributed by atoms with Crippen LogP contribution < -0.4 is 11.1 Å². The van der Waals surface area contributed by atoms with Crippen molar-refractivity contribution in [2.45, 2.75) is 31.7 Å². The first-order chi connectivity index (χ1) is 9.86. The summed E-state index contributed by atoms with van der Waals surface area (Å²) in [6, 6.07) is 5.12. The number of sulfonamides is 1. The van der Waals surface area contributed by atoms with E-state index in [1.165, 1.54) is 11.4 Å². The molecular formula is C14H23N3O3S. The molecule has 0 fully saturated rings. The Labute approximate surface area is 126 Å². The van der Waals surface area contributed by atoms with E-state index in [0.717, 1.165) is 5.56 Å². The topological polar surface area (TPSA) is 92.5 Å². The lowest BCUT2D eigenvalue weighted by atomic mass is 10.1. The molecule has 0 unspecified atom stereocenters. The monoisotopic (exact) mass is 313 g/mol. The first-order valence-electron chi connectivity index (χ1n) is 6.87. The van der Waals surface area contributed by atoms with Gasteiger partial charge < -0.3 is 11.1 Å². The molecule has 0 aliphatic carbocycles. The predicted molar refractivity (Wildman–Crippen MR) is 82.2 cm³/mol. The molecule has 0 saturated carbocycles. The number of benzene rings is 1. The van der Waals surface area contributed by atoms with Gasteiger partial charge in [0.15, 0.2) is 0 Å². The number of nitrogens with one attached hydrogen (secondary N) is 1. The van der Waals surface area contributed by atoms with E-state index in [1.807, 2.05) is 6.92 Å². The van der Waals surface area contributed by atoms with E-state index in [1.54, 1.807) is 25.1 Å². The van der Waals surface area contributed by atoms with Gasteiger partial charge in [0.2, 0.25) is 15.9 Å². The molecule has 0 aromatic heterocycles. The number of aryl methyl sites for hydroxylation is 1. The van der Waals surface area contributed by atoms with Crippen LogP contribution >= 0.6 is 0 Å². The second-order valence-electron chi connectivity index (χ2n) is 4.82. The van der Waals surface area contributed by atoms with Gasteiger partial charge in [-0.2, -0.15) is 4.31 Å². The number of hydrogen-bond acceptors (Lipinski definition) is 4. The number of rotatable bonds is 7. The number of nitrogens with two attached hydrogens (primary N) is 1. The van der Waals surface area contributed by atoms with Gasteiger partial charge in [0.1, 0.15) is 0 Å². The van der Waals surface area contributed by atoms with Crippen molar-refractivity contribution in [3.8, 4) is 0 Å². The normalized spacial score (nSPS) is 11.7. The van der Waals surface area contributed by atoms with Gasteiger partial charge in [-0.3, -0.25) is 4.79 Å². The standard InChI is InChI=1S/C14H23N3O3S/c1-4-7-17(10-14(18)16-3)21(19,20)13-8-12(9-15)6-5-11(13)2/h5-6,8H,4,7,9-10,15H2,1-3H3,(H,16,18). The van der Waals surface area contributed by atoms with Crippen LogP contribution in [0.15, 0.2) is 23.1 Å². The van der Waals surface area contributed by atoms with Crippen molar-refractivity contribution in [1.82, 2.24) is 9.62 Å². The van der Waals surface area contributed by atoms with Gasteiger partial charge in [-0.15, -0.1) is 0 Å². The zero-order chi connectivity index (χ0) is 16.0. The number of carbonyl (C=O) groups is 1. The van der Waals surface area contributed by atoms with Crippen LogP contribution in [0.2, 0.25) is 0 Å². The summed E-state index contributed by atoms with van der Waals surface area (Å²) in [5.41, 5.74) is 6.97. The maximum atomic E-state index is 12.8. The van der Waals surface area contributed by atoms with E-state index in [2.05, 4.69) is 5.32 Å². The Morgan fingerprint density at radius 3 is 2.57 bits per heavy atom. The van der Waals surface area contributed by atoms with Crippen molar-refractivity contribution in [2.75, 3.05) is 20.1 Å². The van der Waals surface area contributed by atoms with Crippen LogP contribution in [-0.2, 0) is 21.4 Å². The van der Waals surface area contributed by atoms with Gasteiger partial charge in [0, 0.05) is 20.1 Å². The largest absolute Gasteiger partial charge is 0.358 e. The molecule has 0 heterocycles. The zero-order valence-electron chi connectivity index (χ0n) is 12.7. The van der Waals surface area contributed by atoms with Crippen LogP contribution in [0.3, 0.4) is 0 Å². The van der Waals surface area contributed by atoms with Crippen LogP contribution in [0.4, 0.5) is 0 Å². The van der Waals surface area contributed by atoms with Crippen LogP contribution in [-0.4, -0.2) is 38.8 Å². The lowest BCUT2D eigenvalue weighted by molar-refractivity contribution is -0.120. The highest BCUT2D eigenvalue weighted by Gasteiger charge is 2.27. The van der Waals surface area contributed by atoms with E-state index in [-0.39, 0.29) is 23.9 Å². The maximum Gasteiger partial charge on any atom is 0.243 e. The summed E-state index contributed by atoms with van der Waals surface area (Å²) in [7, 11) is -2.23. The highest BCUT2D eigenvalue weighted by Crippen LogP contribution is 2.21. The molecule has 1 rings (SSSR count). The molecule has 0 atom stereocenters. The Bertz CT molecular complexity index is 599. The number of carbonyl (C=O) groups excluding carboxylic acids is 1. The van der Waals surface area contributed by atoms with E-state index >= 15 is 0 Å². The van der Waals surface area contributed by atoms with Crippen LogP contribution in [0.1, 0.15) is 24.5 Å². The Balaban J connectivity index is 3.24. The van der Waals surface area contributed by atoms with Crippen LogP contribution in [0, 0.1) is 6.92 Å². The molecule has 21 heavy (non-hydrogen) atoms. The third-order valence-corrected chi connectivity index (χ3v) is 5.17. The third-order valence-electron chi connectivity index (χ3n) is 3.18. The van der Waals surface area contributed by atoms with Gasteiger partial charge in [-0.05, 0) is 30.5 Å². The van der Waals surface area contributed by atoms with Crippen molar-refractivity contribution in [2.24, 2.45) is 5.73 Å². The Kier molecular flexibility index (Phi) is 6.32. The molecule has 3 N–H and O–H groups in total. The van der Waals surface area contributed by atoms with Gasteiger partial charge in [0.25, 0.3) is 0 Å². The smallest absolute Gasteiger partial charge is 0.243 e.